The summed E-state index contributed by atoms with van der Waals surface area (Å²) in [4.78, 5) is 17.5. The standard InChI is InChI=1S/C25H27N3O3S/c29-25(28-16-8-15-27(17-18-28)20-21-9-3-1-4-10-21)22-11-7-12-23(19-22)26-32(30,31)24-13-5-2-6-14-24/h1-7,9-14,19,26H,8,15-18,20H2. The van der Waals surface area contributed by atoms with Crippen molar-refractivity contribution in [3.8, 4) is 0 Å². The van der Waals surface area contributed by atoms with Crippen LogP contribution in [0.5, 0.6) is 0 Å². The van der Waals surface area contributed by atoms with Crippen LogP contribution in [0.25, 0.3) is 0 Å². The quantitative estimate of drug-likeness (QED) is 0.621. The van der Waals surface area contributed by atoms with Gasteiger partial charge in [-0.05, 0) is 42.3 Å². The van der Waals surface area contributed by atoms with Crippen molar-refractivity contribution in [2.24, 2.45) is 0 Å². The van der Waals surface area contributed by atoms with Crippen molar-refractivity contribution < 1.29 is 13.2 Å². The highest BCUT2D eigenvalue weighted by molar-refractivity contribution is 7.92. The number of carbonyl (C=O) groups excluding carboxylic acids is 1. The van der Waals surface area contributed by atoms with Gasteiger partial charge in [-0.2, -0.15) is 0 Å². The molecule has 0 atom stereocenters. The summed E-state index contributed by atoms with van der Waals surface area (Å²) >= 11 is 0. The van der Waals surface area contributed by atoms with E-state index in [-0.39, 0.29) is 10.8 Å². The van der Waals surface area contributed by atoms with E-state index in [1.54, 1.807) is 42.5 Å². The summed E-state index contributed by atoms with van der Waals surface area (Å²) in [6.45, 7) is 3.95. The molecule has 4 rings (SSSR count). The van der Waals surface area contributed by atoms with Crippen LogP contribution >= 0.6 is 0 Å². The fourth-order valence-electron chi connectivity index (χ4n) is 3.89. The van der Waals surface area contributed by atoms with Gasteiger partial charge in [0, 0.05) is 44.0 Å². The molecule has 1 aliphatic rings. The predicted octanol–water partition coefficient (Wildman–Crippen LogP) is 3.84. The fourth-order valence-corrected chi connectivity index (χ4v) is 4.96. The van der Waals surface area contributed by atoms with E-state index >= 15 is 0 Å². The second kappa shape index (κ2) is 9.97. The minimum absolute atomic E-state index is 0.0766. The van der Waals surface area contributed by atoms with Crippen LogP contribution in [-0.4, -0.2) is 50.3 Å². The van der Waals surface area contributed by atoms with E-state index in [2.05, 4.69) is 21.8 Å². The number of nitrogens with one attached hydrogen (secondary N) is 1. The molecule has 0 radical (unpaired) electrons. The number of rotatable bonds is 6. The molecule has 166 valence electrons. The molecular weight excluding hydrogens is 422 g/mol. The number of amides is 1. The van der Waals surface area contributed by atoms with Crippen LogP contribution in [0.1, 0.15) is 22.3 Å². The first-order valence-electron chi connectivity index (χ1n) is 10.7. The molecule has 1 N–H and O–H groups in total. The minimum Gasteiger partial charge on any atom is -0.337 e. The summed E-state index contributed by atoms with van der Waals surface area (Å²) in [6, 6.07) is 25.2. The Morgan fingerprint density at radius 1 is 0.812 bits per heavy atom. The smallest absolute Gasteiger partial charge is 0.261 e. The maximum Gasteiger partial charge on any atom is 0.261 e. The molecule has 3 aromatic carbocycles. The lowest BCUT2D eigenvalue weighted by Crippen LogP contribution is -2.35. The molecule has 0 spiro atoms. The molecule has 1 aliphatic heterocycles. The van der Waals surface area contributed by atoms with Crippen molar-refractivity contribution >= 4 is 21.6 Å². The van der Waals surface area contributed by atoms with Crippen LogP contribution in [0.4, 0.5) is 5.69 Å². The maximum atomic E-state index is 13.1. The van der Waals surface area contributed by atoms with Crippen molar-refractivity contribution in [2.45, 2.75) is 17.9 Å². The van der Waals surface area contributed by atoms with Gasteiger partial charge in [-0.15, -0.1) is 0 Å². The highest BCUT2D eigenvalue weighted by Crippen LogP contribution is 2.19. The van der Waals surface area contributed by atoms with Gasteiger partial charge < -0.3 is 4.90 Å². The molecule has 3 aromatic rings. The number of carbonyl (C=O) groups is 1. The first-order valence-corrected chi connectivity index (χ1v) is 12.2. The largest absolute Gasteiger partial charge is 0.337 e. The Morgan fingerprint density at radius 2 is 1.53 bits per heavy atom. The summed E-state index contributed by atoms with van der Waals surface area (Å²) in [5, 5.41) is 0. The van der Waals surface area contributed by atoms with Crippen LogP contribution in [0, 0.1) is 0 Å². The number of nitrogens with zero attached hydrogens (tertiary/aromatic N) is 2. The van der Waals surface area contributed by atoms with Gasteiger partial charge in [0.15, 0.2) is 0 Å². The summed E-state index contributed by atoms with van der Waals surface area (Å²) < 4.78 is 27.8. The van der Waals surface area contributed by atoms with Gasteiger partial charge in [0.25, 0.3) is 15.9 Å². The van der Waals surface area contributed by atoms with Crippen molar-refractivity contribution in [1.82, 2.24) is 9.80 Å². The van der Waals surface area contributed by atoms with Gasteiger partial charge in [0.2, 0.25) is 0 Å². The van der Waals surface area contributed by atoms with Gasteiger partial charge in [-0.25, -0.2) is 8.42 Å². The average molecular weight is 450 g/mol. The van der Waals surface area contributed by atoms with Crippen LogP contribution in [0.3, 0.4) is 0 Å². The second-order valence-electron chi connectivity index (χ2n) is 7.91. The first kappa shape index (κ1) is 22.0. The van der Waals surface area contributed by atoms with Crippen molar-refractivity contribution in [2.75, 3.05) is 30.9 Å². The lowest BCUT2D eigenvalue weighted by molar-refractivity contribution is 0.0761. The number of sulfonamides is 1. The first-order chi connectivity index (χ1) is 15.5. The number of benzene rings is 3. The Labute approximate surface area is 189 Å². The van der Waals surface area contributed by atoms with Gasteiger partial charge in [0.05, 0.1) is 4.90 Å². The molecule has 0 aromatic heterocycles. The molecule has 7 heteroatoms. The zero-order chi connectivity index (χ0) is 22.4. The van der Waals surface area contributed by atoms with Gasteiger partial charge >= 0.3 is 0 Å². The van der Waals surface area contributed by atoms with Gasteiger partial charge in [0.1, 0.15) is 0 Å². The molecule has 0 aliphatic carbocycles. The number of anilines is 1. The summed E-state index contributed by atoms with van der Waals surface area (Å²) in [7, 11) is -3.71. The summed E-state index contributed by atoms with van der Waals surface area (Å²) in [5.74, 6) is -0.0766. The Balaban J connectivity index is 1.41. The molecule has 1 fully saturated rings. The predicted molar refractivity (Wildman–Crippen MR) is 126 cm³/mol. The topological polar surface area (TPSA) is 69.7 Å². The molecule has 6 nitrogen and oxygen atoms in total. The van der Waals surface area contributed by atoms with Gasteiger partial charge in [-0.1, -0.05) is 54.6 Å². The van der Waals surface area contributed by atoms with E-state index in [4.69, 9.17) is 0 Å². The third-order valence-electron chi connectivity index (χ3n) is 5.54. The normalized spacial score (nSPS) is 15.2. The van der Waals surface area contributed by atoms with Crippen LogP contribution in [-0.2, 0) is 16.6 Å². The highest BCUT2D eigenvalue weighted by Gasteiger charge is 2.21. The molecule has 32 heavy (non-hydrogen) atoms. The Hall–Kier alpha value is -3.16. The van der Waals surface area contributed by atoms with Crippen molar-refractivity contribution in [1.29, 1.82) is 0 Å². The molecule has 1 amide bonds. The fraction of sp³-hybridized carbons (Fsp3) is 0.240. The van der Waals surface area contributed by atoms with E-state index in [1.807, 2.05) is 23.1 Å². The average Bonchev–Trinajstić information content (AvgIpc) is 3.05. The van der Waals surface area contributed by atoms with E-state index in [0.717, 1.165) is 26.1 Å². The third kappa shape index (κ3) is 5.55. The zero-order valence-corrected chi connectivity index (χ0v) is 18.7. The maximum absolute atomic E-state index is 13.1. The summed E-state index contributed by atoms with van der Waals surface area (Å²) in [5.41, 5.74) is 2.13. The molecule has 0 saturated carbocycles. The zero-order valence-electron chi connectivity index (χ0n) is 17.9. The van der Waals surface area contributed by atoms with Crippen LogP contribution < -0.4 is 4.72 Å². The Morgan fingerprint density at radius 3 is 2.28 bits per heavy atom. The lowest BCUT2D eigenvalue weighted by atomic mass is 10.1. The third-order valence-corrected chi connectivity index (χ3v) is 6.94. The van der Waals surface area contributed by atoms with E-state index < -0.39 is 10.0 Å². The molecule has 0 unspecified atom stereocenters. The van der Waals surface area contributed by atoms with E-state index in [1.165, 1.54) is 17.7 Å². The van der Waals surface area contributed by atoms with Crippen LogP contribution in [0.15, 0.2) is 89.8 Å². The summed E-state index contributed by atoms with van der Waals surface area (Å²) in [6.07, 6.45) is 0.902. The number of hydrogen-bond acceptors (Lipinski definition) is 4. The Kier molecular flexibility index (Phi) is 6.87. The van der Waals surface area contributed by atoms with Crippen molar-refractivity contribution in [3.63, 3.8) is 0 Å². The Bertz CT molecular complexity index is 1150. The van der Waals surface area contributed by atoms with Crippen molar-refractivity contribution in [3.05, 3.63) is 96.1 Å². The molecular formula is C25H27N3O3S. The van der Waals surface area contributed by atoms with E-state index in [0.29, 0.717) is 24.3 Å². The minimum atomic E-state index is -3.71. The lowest BCUT2D eigenvalue weighted by Gasteiger charge is -2.22. The highest BCUT2D eigenvalue weighted by atomic mass is 32.2. The van der Waals surface area contributed by atoms with E-state index in [9.17, 15) is 13.2 Å². The molecule has 1 heterocycles. The van der Waals surface area contributed by atoms with Crippen LogP contribution in [0.2, 0.25) is 0 Å². The van der Waals surface area contributed by atoms with Gasteiger partial charge in [-0.3, -0.25) is 14.4 Å². The second-order valence-corrected chi connectivity index (χ2v) is 9.59. The molecule has 0 bridgehead atoms. The SMILES string of the molecule is O=C(c1cccc(NS(=O)(=O)c2ccccc2)c1)N1CCCN(Cc2ccccc2)CC1. The molecule has 1 saturated heterocycles. The number of hydrogen-bond donors (Lipinski definition) is 1. The monoisotopic (exact) mass is 449 g/mol.